The first-order valence-electron chi connectivity index (χ1n) is 5.66. The Labute approximate surface area is 105 Å². The summed E-state index contributed by atoms with van der Waals surface area (Å²) in [6.07, 6.45) is 2.00. The highest BCUT2D eigenvalue weighted by Gasteiger charge is 2.08. The first-order chi connectivity index (χ1) is 8.08. The first kappa shape index (κ1) is 13.6. The summed E-state index contributed by atoms with van der Waals surface area (Å²) < 4.78 is 2.04. The molecule has 1 heterocycles. The van der Waals surface area contributed by atoms with Crippen LogP contribution in [0.5, 0.6) is 0 Å². The predicted molar refractivity (Wildman–Crippen MR) is 68.4 cm³/mol. The minimum Gasteiger partial charge on any atom is -0.343 e. The van der Waals surface area contributed by atoms with Crippen LogP contribution in [0.1, 0.15) is 20.3 Å². The molecule has 1 aromatic heterocycles. The highest BCUT2D eigenvalue weighted by atomic mass is 32.1. The number of aromatic amines is 1. The van der Waals surface area contributed by atoms with Crippen molar-refractivity contribution in [3.8, 4) is 0 Å². The Kier molecular flexibility index (Phi) is 5.09. The molecule has 0 aromatic carbocycles. The van der Waals surface area contributed by atoms with E-state index in [0.29, 0.717) is 30.8 Å². The van der Waals surface area contributed by atoms with Gasteiger partial charge < -0.3 is 9.47 Å². The van der Waals surface area contributed by atoms with Crippen molar-refractivity contribution >= 4 is 18.1 Å². The Hall–Kier alpha value is -1.43. The van der Waals surface area contributed by atoms with Gasteiger partial charge in [0.25, 0.3) is 5.56 Å². The fraction of sp³-hybridized carbons (Fsp3) is 0.545. The summed E-state index contributed by atoms with van der Waals surface area (Å²) in [5.74, 6) is 0.100. The number of nitrogens with zero attached hydrogens (tertiary/aromatic N) is 2. The lowest BCUT2D eigenvalue weighted by atomic mass is 10.3. The monoisotopic (exact) mass is 255 g/mol. The number of amides is 1. The highest BCUT2D eigenvalue weighted by molar-refractivity contribution is 7.71. The van der Waals surface area contributed by atoms with E-state index in [9.17, 15) is 9.59 Å². The van der Waals surface area contributed by atoms with Crippen LogP contribution in [0.4, 0.5) is 0 Å². The summed E-state index contributed by atoms with van der Waals surface area (Å²) in [6, 6.07) is 1.40. The molecule has 0 spiro atoms. The molecule has 0 aliphatic carbocycles. The van der Waals surface area contributed by atoms with Gasteiger partial charge in [-0.25, -0.2) is 0 Å². The molecular formula is C11H17N3O2S. The second-order valence-electron chi connectivity index (χ2n) is 3.62. The zero-order valence-corrected chi connectivity index (χ0v) is 10.9. The smallest absolute Gasteiger partial charge is 0.251 e. The van der Waals surface area contributed by atoms with Crippen molar-refractivity contribution in [3.63, 3.8) is 0 Å². The zero-order valence-electron chi connectivity index (χ0n) is 10.1. The van der Waals surface area contributed by atoms with E-state index in [-0.39, 0.29) is 11.5 Å². The van der Waals surface area contributed by atoms with Gasteiger partial charge in [0.1, 0.15) is 0 Å². The number of carbonyl (C=O) groups excluding carboxylic acids is 1. The van der Waals surface area contributed by atoms with Crippen molar-refractivity contribution in [1.82, 2.24) is 14.5 Å². The molecule has 1 amide bonds. The minimum atomic E-state index is -0.221. The molecule has 0 aliphatic rings. The summed E-state index contributed by atoms with van der Waals surface area (Å²) >= 11 is 5.00. The Morgan fingerprint density at radius 1 is 1.47 bits per heavy atom. The number of hydrogen-bond acceptors (Lipinski definition) is 3. The second-order valence-corrected chi connectivity index (χ2v) is 4.01. The van der Waals surface area contributed by atoms with Crippen LogP contribution in [-0.2, 0) is 11.3 Å². The second kappa shape index (κ2) is 6.34. The molecule has 0 fully saturated rings. The molecule has 0 aliphatic heterocycles. The fourth-order valence-electron chi connectivity index (χ4n) is 1.57. The van der Waals surface area contributed by atoms with Gasteiger partial charge in [-0.1, -0.05) is 0 Å². The SMILES string of the molecule is CCN(CC)C(=O)CCn1ccc(=O)[nH]c1=S. The topological polar surface area (TPSA) is 58.1 Å². The molecule has 0 unspecified atom stereocenters. The third-order valence-corrected chi connectivity index (χ3v) is 2.92. The molecule has 6 heteroatoms. The van der Waals surface area contributed by atoms with Gasteiger partial charge in [-0.3, -0.25) is 14.6 Å². The van der Waals surface area contributed by atoms with E-state index < -0.39 is 0 Å². The Bertz CT molecular complexity index is 488. The van der Waals surface area contributed by atoms with Crippen molar-refractivity contribution in [2.24, 2.45) is 0 Å². The summed E-state index contributed by atoms with van der Waals surface area (Å²) in [6.45, 7) is 5.82. The number of carbonyl (C=O) groups is 1. The van der Waals surface area contributed by atoms with Gasteiger partial charge in [0.15, 0.2) is 4.77 Å². The van der Waals surface area contributed by atoms with Crippen molar-refractivity contribution in [2.45, 2.75) is 26.8 Å². The molecule has 0 radical (unpaired) electrons. The van der Waals surface area contributed by atoms with Crippen LogP contribution in [0.3, 0.4) is 0 Å². The van der Waals surface area contributed by atoms with E-state index in [1.54, 1.807) is 15.7 Å². The lowest BCUT2D eigenvalue weighted by Crippen LogP contribution is -2.31. The maximum atomic E-state index is 11.8. The van der Waals surface area contributed by atoms with Gasteiger partial charge in [0.2, 0.25) is 5.91 Å². The minimum absolute atomic E-state index is 0.100. The van der Waals surface area contributed by atoms with Gasteiger partial charge in [-0.15, -0.1) is 0 Å². The number of hydrogen-bond donors (Lipinski definition) is 1. The van der Waals surface area contributed by atoms with Gasteiger partial charge >= 0.3 is 0 Å². The van der Waals surface area contributed by atoms with Gasteiger partial charge in [-0.2, -0.15) is 0 Å². The van der Waals surface area contributed by atoms with E-state index in [1.807, 2.05) is 13.8 Å². The number of H-pyrrole nitrogens is 1. The van der Waals surface area contributed by atoms with Gasteiger partial charge in [-0.05, 0) is 26.1 Å². The quantitative estimate of drug-likeness (QED) is 0.803. The predicted octanol–water partition coefficient (Wildman–Crippen LogP) is 1.16. The third kappa shape index (κ3) is 3.81. The van der Waals surface area contributed by atoms with Crippen LogP contribution in [0, 0.1) is 4.77 Å². The number of rotatable bonds is 5. The molecule has 0 bridgehead atoms. The van der Waals surface area contributed by atoms with E-state index in [0.717, 1.165) is 0 Å². The first-order valence-corrected chi connectivity index (χ1v) is 6.06. The lowest BCUT2D eigenvalue weighted by Gasteiger charge is -2.18. The van der Waals surface area contributed by atoms with Crippen molar-refractivity contribution in [1.29, 1.82) is 0 Å². The molecule has 17 heavy (non-hydrogen) atoms. The van der Waals surface area contributed by atoms with Crippen LogP contribution >= 0.6 is 12.2 Å². The molecule has 1 N–H and O–H groups in total. The summed E-state index contributed by atoms with van der Waals surface area (Å²) in [5.41, 5.74) is -0.221. The Balaban J connectivity index is 2.65. The van der Waals surface area contributed by atoms with Crippen molar-refractivity contribution < 1.29 is 4.79 Å². The van der Waals surface area contributed by atoms with Gasteiger partial charge in [0.05, 0.1) is 0 Å². The molecule has 94 valence electrons. The normalized spacial score (nSPS) is 10.2. The molecular weight excluding hydrogens is 238 g/mol. The molecule has 0 saturated heterocycles. The molecule has 0 saturated carbocycles. The Morgan fingerprint density at radius 3 is 2.65 bits per heavy atom. The standard InChI is InChI=1S/C11H17N3O2S/c1-3-13(4-2)10(16)6-8-14-7-5-9(15)12-11(14)17/h5,7H,3-4,6,8H2,1-2H3,(H,12,15,17). The summed E-state index contributed by atoms with van der Waals surface area (Å²) in [4.78, 5) is 27.0. The Morgan fingerprint density at radius 2 is 2.12 bits per heavy atom. The van der Waals surface area contributed by atoms with Crippen molar-refractivity contribution in [3.05, 3.63) is 27.4 Å². The maximum Gasteiger partial charge on any atom is 0.251 e. The van der Waals surface area contributed by atoms with E-state index in [1.165, 1.54) is 6.07 Å². The molecule has 1 rings (SSSR count). The maximum absolute atomic E-state index is 11.8. The van der Waals surface area contributed by atoms with Crippen LogP contribution in [0.25, 0.3) is 0 Å². The number of aromatic nitrogens is 2. The van der Waals surface area contributed by atoms with Crippen LogP contribution in [0.15, 0.2) is 17.1 Å². The zero-order chi connectivity index (χ0) is 12.8. The number of nitrogens with one attached hydrogen (secondary N) is 1. The average Bonchev–Trinajstić information content (AvgIpc) is 2.29. The molecule has 0 atom stereocenters. The molecule has 1 aromatic rings. The van der Waals surface area contributed by atoms with E-state index in [4.69, 9.17) is 12.2 Å². The van der Waals surface area contributed by atoms with Gasteiger partial charge in [0, 0.05) is 38.3 Å². The largest absolute Gasteiger partial charge is 0.343 e. The van der Waals surface area contributed by atoms with E-state index in [2.05, 4.69) is 4.98 Å². The van der Waals surface area contributed by atoms with Crippen LogP contribution in [-0.4, -0.2) is 33.4 Å². The van der Waals surface area contributed by atoms with Crippen LogP contribution < -0.4 is 5.56 Å². The number of aryl methyl sites for hydroxylation is 1. The fourth-order valence-corrected chi connectivity index (χ4v) is 1.82. The third-order valence-electron chi connectivity index (χ3n) is 2.58. The summed E-state index contributed by atoms with van der Waals surface area (Å²) in [5, 5.41) is 0. The highest BCUT2D eigenvalue weighted by Crippen LogP contribution is 1.97. The molecule has 5 nitrogen and oxygen atoms in total. The average molecular weight is 255 g/mol. The van der Waals surface area contributed by atoms with Crippen molar-refractivity contribution in [2.75, 3.05) is 13.1 Å². The summed E-state index contributed by atoms with van der Waals surface area (Å²) in [7, 11) is 0. The van der Waals surface area contributed by atoms with Crippen LogP contribution in [0.2, 0.25) is 0 Å². The lowest BCUT2D eigenvalue weighted by molar-refractivity contribution is -0.131. The van der Waals surface area contributed by atoms with E-state index >= 15 is 0 Å².